The molecule has 2 heterocycles. The summed E-state index contributed by atoms with van der Waals surface area (Å²) in [7, 11) is -3.80. The van der Waals surface area contributed by atoms with Crippen molar-refractivity contribution >= 4 is 33.4 Å². The van der Waals surface area contributed by atoms with Gasteiger partial charge in [0.1, 0.15) is 12.4 Å². The van der Waals surface area contributed by atoms with Crippen LogP contribution in [0, 0.1) is 6.92 Å². The van der Waals surface area contributed by atoms with Crippen LogP contribution in [-0.4, -0.2) is 63.1 Å². The van der Waals surface area contributed by atoms with Crippen LogP contribution in [0.5, 0.6) is 0 Å². The van der Waals surface area contributed by atoms with Crippen LogP contribution >= 0.6 is 11.6 Å². The molecular formula is C20H21ClF3N3O5S. The molecular weight excluding hydrogens is 487 g/mol. The molecule has 0 amide bonds. The summed E-state index contributed by atoms with van der Waals surface area (Å²) in [5.74, 6) is -0.739. The number of benzene rings is 1. The van der Waals surface area contributed by atoms with Gasteiger partial charge in [-0.2, -0.15) is 17.5 Å². The minimum absolute atomic E-state index is 0.00921. The summed E-state index contributed by atoms with van der Waals surface area (Å²) in [5, 5.41) is 2.46. The maximum atomic E-state index is 12.9. The molecule has 1 N–H and O–H groups in total. The third-order valence-corrected chi connectivity index (χ3v) is 7.14. The van der Waals surface area contributed by atoms with Crippen molar-refractivity contribution in [1.29, 1.82) is 0 Å². The van der Waals surface area contributed by atoms with Gasteiger partial charge in [0.25, 0.3) is 0 Å². The van der Waals surface area contributed by atoms with Crippen molar-refractivity contribution in [2.75, 3.05) is 44.8 Å². The van der Waals surface area contributed by atoms with Crippen LogP contribution in [0.4, 0.5) is 19.0 Å². The van der Waals surface area contributed by atoms with Crippen LogP contribution in [0.2, 0.25) is 5.02 Å². The predicted octanol–water partition coefficient (Wildman–Crippen LogP) is 3.35. The molecule has 0 spiro atoms. The number of rotatable bonds is 7. The van der Waals surface area contributed by atoms with Gasteiger partial charge in [-0.15, -0.1) is 0 Å². The highest BCUT2D eigenvalue weighted by Crippen LogP contribution is 2.32. The highest BCUT2D eigenvalue weighted by molar-refractivity contribution is 7.89. The number of ether oxygens (including phenoxy) is 2. The highest BCUT2D eigenvalue weighted by Gasteiger charge is 2.31. The molecule has 0 saturated carbocycles. The standard InChI is InChI=1S/C20H21ClF3N3O5S/c1-13-2-3-14(10-17(13)33(29,30)27-5-8-31-9-6-27)19(28)32-7-4-25-18-16(21)11-15(12-26-18)20(22,23)24/h2-3,10-12H,4-9H2,1H3,(H,25,26). The zero-order chi connectivity index (χ0) is 24.2. The Bertz CT molecular complexity index is 1120. The Kier molecular flexibility index (Phi) is 7.83. The van der Waals surface area contributed by atoms with Gasteiger partial charge in [0.2, 0.25) is 10.0 Å². The summed E-state index contributed by atoms with van der Waals surface area (Å²) in [6.45, 7) is 2.54. The molecule has 0 aliphatic carbocycles. The molecule has 1 fully saturated rings. The number of hydrogen-bond donors (Lipinski definition) is 1. The smallest absolute Gasteiger partial charge is 0.417 e. The maximum Gasteiger partial charge on any atom is 0.417 e. The molecule has 0 atom stereocenters. The van der Waals surface area contributed by atoms with Crippen LogP contribution in [-0.2, 0) is 25.7 Å². The van der Waals surface area contributed by atoms with Gasteiger partial charge < -0.3 is 14.8 Å². The van der Waals surface area contributed by atoms with Crippen molar-refractivity contribution in [3.8, 4) is 0 Å². The van der Waals surface area contributed by atoms with Crippen molar-refractivity contribution in [2.45, 2.75) is 18.0 Å². The average Bonchev–Trinajstić information content (AvgIpc) is 2.77. The molecule has 2 aromatic rings. The van der Waals surface area contributed by atoms with Gasteiger partial charge in [-0.3, -0.25) is 0 Å². The number of carbonyl (C=O) groups excluding carboxylic acids is 1. The monoisotopic (exact) mass is 507 g/mol. The van der Waals surface area contributed by atoms with Gasteiger partial charge in [0.15, 0.2) is 0 Å². The minimum atomic E-state index is -4.56. The number of halogens is 4. The molecule has 1 aliphatic heterocycles. The van der Waals surface area contributed by atoms with Gasteiger partial charge in [-0.05, 0) is 30.7 Å². The van der Waals surface area contributed by atoms with Crippen LogP contribution in [0.1, 0.15) is 21.5 Å². The van der Waals surface area contributed by atoms with E-state index in [9.17, 15) is 26.4 Å². The Morgan fingerprint density at radius 3 is 2.61 bits per heavy atom. The lowest BCUT2D eigenvalue weighted by Gasteiger charge is -2.26. The number of aromatic nitrogens is 1. The van der Waals surface area contributed by atoms with E-state index in [1.807, 2.05) is 0 Å². The van der Waals surface area contributed by atoms with Crippen LogP contribution < -0.4 is 5.32 Å². The van der Waals surface area contributed by atoms with Crippen molar-refractivity contribution in [3.05, 3.63) is 52.2 Å². The molecule has 3 rings (SSSR count). The molecule has 1 aromatic heterocycles. The number of hydrogen-bond acceptors (Lipinski definition) is 7. The molecule has 33 heavy (non-hydrogen) atoms. The number of morpholine rings is 1. The van der Waals surface area contributed by atoms with E-state index < -0.39 is 27.7 Å². The largest absolute Gasteiger partial charge is 0.460 e. The van der Waals surface area contributed by atoms with E-state index in [-0.39, 0.29) is 47.5 Å². The fourth-order valence-corrected chi connectivity index (χ4v) is 4.94. The van der Waals surface area contributed by atoms with Gasteiger partial charge in [-0.1, -0.05) is 17.7 Å². The molecule has 1 aliphatic rings. The number of aryl methyl sites for hydroxylation is 1. The van der Waals surface area contributed by atoms with Crippen LogP contribution in [0.3, 0.4) is 0 Å². The second-order valence-corrected chi connectivity index (χ2v) is 9.43. The molecule has 13 heteroatoms. The summed E-state index contributed by atoms with van der Waals surface area (Å²) in [5.41, 5.74) is -0.437. The molecule has 1 aromatic carbocycles. The second kappa shape index (κ2) is 10.2. The number of alkyl halides is 3. The number of sulfonamides is 1. The molecule has 0 bridgehead atoms. The number of pyridine rings is 1. The van der Waals surface area contributed by atoms with E-state index in [0.29, 0.717) is 25.0 Å². The highest BCUT2D eigenvalue weighted by atomic mass is 35.5. The topological polar surface area (TPSA) is 97.8 Å². The van der Waals surface area contributed by atoms with Crippen molar-refractivity contribution in [2.24, 2.45) is 0 Å². The first-order valence-electron chi connectivity index (χ1n) is 9.82. The third kappa shape index (κ3) is 6.14. The number of carbonyl (C=O) groups is 1. The quantitative estimate of drug-likeness (QED) is 0.453. The summed E-state index contributed by atoms with van der Waals surface area (Å²) in [4.78, 5) is 16.0. The fourth-order valence-electron chi connectivity index (χ4n) is 3.05. The summed E-state index contributed by atoms with van der Waals surface area (Å²) >= 11 is 5.81. The van der Waals surface area contributed by atoms with Crippen LogP contribution in [0.15, 0.2) is 35.4 Å². The molecule has 8 nitrogen and oxygen atoms in total. The van der Waals surface area contributed by atoms with Gasteiger partial charge in [0.05, 0.1) is 40.8 Å². The Morgan fingerprint density at radius 2 is 1.97 bits per heavy atom. The van der Waals surface area contributed by atoms with E-state index in [4.69, 9.17) is 21.1 Å². The SMILES string of the molecule is Cc1ccc(C(=O)OCCNc2ncc(C(F)(F)F)cc2Cl)cc1S(=O)(=O)N1CCOCC1. The Hall–Kier alpha value is -2.41. The fraction of sp³-hybridized carbons (Fsp3) is 0.400. The zero-order valence-electron chi connectivity index (χ0n) is 17.5. The summed E-state index contributed by atoms with van der Waals surface area (Å²) in [6, 6.07) is 4.99. The predicted molar refractivity (Wildman–Crippen MR) is 114 cm³/mol. The molecule has 180 valence electrons. The first kappa shape index (κ1) is 25.2. The first-order valence-corrected chi connectivity index (χ1v) is 11.6. The molecule has 0 unspecified atom stereocenters. The van der Waals surface area contributed by atoms with Gasteiger partial charge in [-0.25, -0.2) is 18.2 Å². The molecule has 0 radical (unpaired) electrons. The number of anilines is 1. The Balaban J connectivity index is 1.60. The number of esters is 1. The van der Waals surface area contributed by atoms with E-state index in [0.717, 1.165) is 6.07 Å². The van der Waals surface area contributed by atoms with Crippen molar-refractivity contribution in [1.82, 2.24) is 9.29 Å². The Labute approximate surface area is 193 Å². The van der Waals surface area contributed by atoms with E-state index >= 15 is 0 Å². The van der Waals surface area contributed by atoms with Crippen molar-refractivity contribution < 1.29 is 35.9 Å². The molecule has 1 saturated heterocycles. The lowest BCUT2D eigenvalue weighted by molar-refractivity contribution is -0.137. The lowest BCUT2D eigenvalue weighted by atomic mass is 10.1. The lowest BCUT2D eigenvalue weighted by Crippen LogP contribution is -2.40. The maximum absolute atomic E-state index is 12.9. The van der Waals surface area contributed by atoms with Gasteiger partial charge in [0, 0.05) is 19.3 Å². The normalized spacial score (nSPS) is 15.3. The zero-order valence-corrected chi connectivity index (χ0v) is 19.1. The number of nitrogens with one attached hydrogen (secondary N) is 1. The van der Waals surface area contributed by atoms with Gasteiger partial charge >= 0.3 is 12.1 Å². The third-order valence-electron chi connectivity index (χ3n) is 4.81. The Morgan fingerprint density at radius 1 is 1.27 bits per heavy atom. The summed E-state index contributed by atoms with van der Waals surface area (Å²) < 4.78 is 75.5. The minimum Gasteiger partial charge on any atom is -0.460 e. The second-order valence-electron chi connectivity index (χ2n) is 7.11. The number of nitrogens with zero attached hydrogens (tertiary/aromatic N) is 2. The van der Waals surface area contributed by atoms with E-state index in [1.165, 1.54) is 22.5 Å². The average molecular weight is 508 g/mol. The van der Waals surface area contributed by atoms with E-state index in [1.54, 1.807) is 6.92 Å². The van der Waals surface area contributed by atoms with Crippen LogP contribution in [0.25, 0.3) is 0 Å². The van der Waals surface area contributed by atoms with Crippen molar-refractivity contribution in [3.63, 3.8) is 0 Å². The van der Waals surface area contributed by atoms with E-state index in [2.05, 4.69) is 10.3 Å². The summed E-state index contributed by atoms with van der Waals surface area (Å²) in [6.07, 6.45) is -3.92. The first-order chi connectivity index (χ1) is 15.5.